The molecule has 0 saturated carbocycles. The highest BCUT2D eigenvalue weighted by molar-refractivity contribution is 5.72. The molecule has 0 aliphatic carbocycles. The van der Waals surface area contributed by atoms with Crippen molar-refractivity contribution in [1.82, 2.24) is 9.88 Å². The van der Waals surface area contributed by atoms with Crippen molar-refractivity contribution in [3.63, 3.8) is 0 Å². The zero-order valence-corrected chi connectivity index (χ0v) is 10.3. The third-order valence-corrected chi connectivity index (χ3v) is 2.40. The summed E-state index contributed by atoms with van der Waals surface area (Å²) in [5.41, 5.74) is 0.782. The molecule has 94 valence electrons. The van der Waals surface area contributed by atoms with Crippen molar-refractivity contribution in [1.29, 1.82) is 0 Å². The van der Waals surface area contributed by atoms with Gasteiger partial charge in [-0.1, -0.05) is 6.92 Å². The second-order valence-corrected chi connectivity index (χ2v) is 4.13. The number of hydrogen-bond donors (Lipinski definition) is 0. The van der Waals surface area contributed by atoms with Crippen LogP contribution in [0.4, 0.5) is 4.39 Å². The molecule has 0 radical (unpaired) electrons. The second kappa shape index (κ2) is 6.30. The Hall–Kier alpha value is -1.49. The van der Waals surface area contributed by atoms with Gasteiger partial charge in [0.05, 0.1) is 19.2 Å². The minimum atomic E-state index is -0.350. The highest BCUT2D eigenvalue weighted by Gasteiger charge is 2.15. The maximum atomic E-state index is 12.9. The van der Waals surface area contributed by atoms with Gasteiger partial charge in [-0.05, 0) is 18.7 Å². The van der Waals surface area contributed by atoms with Crippen molar-refractivity contribution in [2.24, 2.45) is 5.92 Å². The smallest absolute Gasteiger partial charge is 0.309 e. The Kier molecular flexibility index (Phi) is 5.03. The van der Waals surface area contributed by atoms with Crippen molar-refractivity contribution in [2.75, 3.05) is 20.7 Å². The van der Waals surface area contributed by atoms with E-state index >= 15 is 0 Å². The number of pyridine rings is 1. The molecule has 0 spiro atoms. The Labute approximate surface area is 100 Å². The SMILES string of the molecule is COC(=O)C(C)CN(C)Cc1cncc(F)c1. The molecule has 0 aliphatic heterocycles. The first-order chi connectivity index (χ1) is 8.02. The van der Waals surface area contributed by atoms with E-state index in [1.165, 1.54) is 19.4 Å². The molecule has 1 atom stereocenters. The lowest BCUT2D eigenvalue weighted by molar-refractivity contribution is -0.145. The monoisotopic (exact) mass is 240 g/mol. The van der Waals surface area contributed by atoms with Crippen LogP contribution in [0.25, 0.3) is 0 Å². The lowest BCUT2D eigenvalue weighted by atomic mass is 10.1. The van der Waals surface area contributed by atoms with Crippen LogP contribution >= 0.6 is 0 Å². The van der Waals surface area contributed by atoms with Gasteiger partial charge >= 0.3 is 5.97 Å². The molecule has 0 aromatic carbocycles. The summed E-state index contributed by atoms with van der Waals surface area (Å²) in [6.07, 6.45) is 2.78. The summed E-state index contributed by atoms with van der Waals surface area (Å²) >= 11 is 0. The number of carbonyl (C=O) groups is 1. The van der Waals surface area contributed by atoms with Crippen molar-refractivity contribution < 1.29 is 13.9 Å². The summed E-state index contributed by atoms with van der Waals surface area (Å²) in [6, 6.07) is 1.44. The van der Waals surface area contributed by atoms with E-state index in [1.807, 2.05) is 11.9 Å². The molecule has 5 heteroatoms. The zero-order chi connectivity index (χ0) is 12.8. The molecule has 1 heterocycles. The molecule has 4 nitrogen and oxygen atoms in total. The highest BCUT2D eigenvalue weighted by Crippen LogP contribution is 2.07. The number of ether oxygens (including phenoxy) is 1. The van der Waals surface area contributed by atoms with E-state index in [0.717, 1.165) is 5.56 Å². The van der Waals surface area contributed by atoms with Gasteiger partial charge in [0, 0.05) is 19.3 Å². The average molecular weight is 240 g/mol. The molecule has 1 aromatic heterocycles. The molecule has 0 aliphatic rings. The van der Waals surface area contributed by atoms with Crippen LogP contribution < -0.4 is 0 Å². The summed E-state index contributed by atoms with van der Waals surface area (Å²) in [5, 5.41) is 0. The van der Waals surface area contributed by atoms with Gasteiger partial charge < -0.3 is 9.64 Å². The Bertz CT molecular complexity index is 385. The Morgan fingerprint density at radius 1 is 1.59 bits per heavy atom. The number of esters is 1. The third-order valence-electron chi connectivity index (χ3n) is 2.40. The van der Waals surface area contributed by atoms with Gasteiger partial charge in [-0.25, -0.2) is 4.39 Å². The molecule has 1 unspecified atom stereocenters. The van der Waals surface area contributed by atoms with E-state index in [-0.39, 0.29) is 17.7 Å². The number of methoxy groups -OCH3 is 1. The van der Waals surface area contributed by atoms with Crippen LogP contribution in [0.5, 0.6) is 0 Å². The van der Waals surface area contributed by atoms with Crippen LogP contribution in [0, 0.1) is 11.7 Å². The summed E-state index contributed by atoms with van der Waals surface area (Å²) in [7, 11) is 3.24. The standard InChI is InChI=1S/C12H17FN2O2/c1-9(12(16)17-3)7-15(2)8-10-4-11(13)6-14-5-10/h4-6,9H,7-8H2,1-3H3. The predicted molar refractivity (Wildman–Crippen MR) is 61.7 cm³/mol. The average Bonchev–Trinajstić information content (AvgIpc) is 2.27. The summed E-state index contributed by atoms with van der Waals surface area (Å²) in [4.78, 5) is 16.9. The Balaban J connectivity index is 2.49. The summed E-state index contributed by atoms with van der Waals surface area (Å²) in [6.45, 7) is 2.90. The maximum absolute atomic E-state index is 12.9. The van der Waals surface area contributed by atoms with Gasteiger partial charge in [-0.3, -0.25) is 9.78 Å². The van der Waals surface area contributed by atoms with Gasteiger partial charge in [-0.15, -0.1) is 0 Å². The molecular weight excluding hydrogens is 223 g/mol. The first kappa shape index (κ1) is 13.6. The molecule has 1 rings (SSSR count). The number of nitrogens with zero attached hydrogens (tertiary/aromatic N) is 2. The molecule has 1 aromatic rings. The molecular formula is C12H17FN2O2. The van der Waals surface area contributed by atoms with Gasteiger partial charge in [-0.2, -0.15) is 0 Å². The van der Waals surface area contributed by atoms with Gasteiger partial charge in [0.1, 0.15) is 5.82 Å². The zero-order valence-electron chi connectivity index (χ0n) is 10.3. The van der Waals surface area contributed by atoms with Crippen molar-refractivity contribution in [2.45, 2.75) is 13.5 Å². The normalized spacial score (nSPS) is 12.5. The van der Waals surface area contributed by atoms with Crippen LogP contribution in [0.1, 0.15) is 12.5 Å². The molecule has 17 heavy (non-hydrogen) atoms. The lowest BCUT2D eigenvalue weighted by Gasteiger charge is -2.19. The number of aromatic nitrogens is 1. The first-order valence-electron chi connectivity index (χ1n) is 5.38. The van der Waals surface area contributed by atoms with Crippen molar-refractivity contribution >= 4 is 5.97 Å². The quantitative estimate of drug-likeness (QED) is 0.731. The third kappa shape index (κ3) is 4.48. The van der Waals surface area contributed by atoms with Crippen LogP contribution in [0.2, 0.25) is 0 Å². The Morgan fingerprint density at radius 2 is 2.29 bits per heavy atom. The molecule has 0 bridgehead atoms. The van der Waals surface area contributed by atoms with E-state index in [2.05, 4.69) is 9.72 Å². The van der Waals surface area contributed by atoms with Gasteiger partial charge in [0.2, 0.25) is 0 Å². The van der Waals surface area contributed by atoms with Crippen molar-refractivity contribution in [3.05, 3.63) is 29.8 Å². The van der Waals surface area contributed by atoms with E-state index in [0.29, 0.717) is 13.1 Å². The number of rotatable bonds is 5. The van der Waals surface area contributed by atoms with Crippen LogP contribution in [-0.4, -0.2) is 36.6 Å². The fraction of sp³-hybridized carbons (Fsp3) is 0.500. The number of hydrogen-bond acceptors (Lipinski definition) is 4. The molecule has 0 N–H and O–H groups in total. The minimum absolute atomic E-state index is 0.202. The fourth-order valence-corrected chi connectivity index (χ4v) is 1.66. The van der Waals surface area contributed by atoms with Gasteiger partial charge in [0.25, 0.3) is 0 Å². The van der Waals surface area contributed by atoms with E-state index < -0.39 is 0 Å². The van der Waals surface area contributed by atoms with E-state index in [4.69, 9.17) is 0 Å². The highest BCUT2D eigenvalue weighted by atomic mass is 19.1. The van der Waals surface area contributed by atoms with Crippen LogP contribution in [0.3, 0.4) is 0 Å². The number of carbonyl (C=O) groups excluding carboxylic acids is 1. The Morgan fingerprint density at radius 3 is 2.88 bits per heavy atom. The van der Waals surface area contributed by atoms with E-state index in [1.54, 1.807) is 13.1 Å². The summed E-state index contributed by atoms with van der Waals surface area (Å²) < 4.78 is 17.6. The van der Waals surface area contributed by atoms with Crippen LogP contribution in [-0.2, 0) is 16.1 Å². The second-order valence-electron chi connectivity index (χ2n) is 4.13. The van der Waals surface area contributed by atoms with E-state index in [9.17, 15) is 9.18 Å². The lowest BCUT2D eigenvalue weighted by Crippen LogP contribution is -2.29. The van der Waals surface area contributed by atoms with Gasteiger partial charge in [0.15, 0.2) is 0 Å². The summed E-state index contributed by atoms with van der Waals surface area (Å²) in [5.74, 6) is -0.794. The largest absolute Gasteiger partial charge is 0.469 e. The van der Waals surface area contributed by atoms with Crippen molar-refractivity contribution in [3.8, 4) is 0 Å². The fourth-order valence-electron chi connectivity index (χ4n) is 1.66. The predicted octanol–water partition coefficient (Wildman–Crippen LogP) is 1.46. The maximum Gasteiger partial charge on any atom is 0.309 e. The molecule has 0 fully saturated rings. The molecule has 0 amide bonds. The minimum Gasteiger partial charge on any atom is -0.469 e. The molecule has 0 saturated heterocycles. The van der Waals surface area contributed by atoms with Crippen LogP contribution in [0.15, 0.2) is 18.5 Å². The number of halogens is 1. The topological polar surface area (TPSA) is 42.4 Å². The first-order valence-corrected chi connectivity index (χ1v) is 5.38.